The highest BCUT2D eigenvalue weighted by Crippen LogP contribution is 2.34. The van der Waals surface area contributed by atoms with Gasteiger partial charge in [-0.2, -0.15) is 0 Å². The minimum atomic E-state index is -1.00. The van der Waals surface area contributed by atoms with Crippen molar-refractivity contribution < 1.29 is 14.6 Å². The first-order chi connectivity index (χ1) is 16.8. The van der Waals surface area contributed by atoms with E-state index >= 15 is 0 Å². The third kappa shape index (κ3) is 5.32. The van der Waals surface area contributed by atoms with Crippen molar-refractivity contribution >= 4 is 17.5 Å². The molecule has 0 saturated carbocycles. The van der Waals surface area contributed by atoms with Gasteiger partial charge in [0.25, 0.3) is 0 Å². The Bertz CT molecular complexity index is 1350. The molecule has 0 radical (unpaired) electrons. The maximum atomic E-state index is 11.7. The Labute approximate surface area is 205 Å². The smallest absolute Gasteiger partial charge is 0.313 e. The van der Waals surface area contributed by atoms with Crippen molar-refractivity contribution in [3.05, 3.63) is 95.8 Å². The summed E-state index contributed by atoms with van der Waals surface area (Å²) in [6, 6.07) is 23.0. The standard InChI is InChI=1S/C29H29N3O3/c1-5-20-16-25(27(31-19(20)2)21-10-7-6-8-11-21)35-24-14-15-30-26(18-24)32-23-13-9-12-22(17-23)29(3,4)28(33)34/h6-18H,5H2,1-4H3,(H,30,32)(H,33,34). The van der Waals surface area contributed by atoms with Crippen LogP contribution in [-0.4, -0.2) is 21.0 Å². The first kappa shape index (κ1) is 24.0. The molecule has 0 bridgehead atoms. The summed E-state index contributed by atoms with van der Waals surface area (Å²) < 4.78 is 6.33. The number of aryl methyl sites for hydroxylation is 2. The average Bonchev–Trinajstić information content (AvgIpc) is 2.85. The van der Waals surface area contributed by atoms with E-state index in [0.29, 0.717) is 22.9 Å². The second-order valence-corrected chi connectivity index (χ2v) is 8.91. The summed E-state index contributed by atoms with van der Waals surface area (Å²) in [6.45, 7) is 7.49. The minimum Gasteiger partial charge on any atom is -0.481 e. The fourth-order valence-electron chi connectivity index (χ4n) is 3.79. The first-order valence-corrected chi connectivity index (χ1v) is 11.6. The van der Waals surface area contributed by atoms with E-state index in [1.165, 1.54) is 0 Å². The molecule has 0 amide bonds. The van der Waals surface area contributed by atoms with Crippen LogP contribution in [0.1, 0.15) is 37.6 Å². The summed E-state index contributed by atoms with van der Waals surface area (Å²) in [4.78, 5) is 20.9. The summed E-state index contributed by atoms with van der Waals surface area (Å²) in [6.07, 6.45) is 2.53. The van der Waals surface area contributed by atoms with Crippen LogP contribution in [0.2, 0.25) is 0 Å². The van der Waals surface area contributed by atoms with Gasteiger partial charge >= 0.3 is 5.97 Å². The van der Waals surface area contributed by atoms with Crippen molar-refractivity contribution in [1.82, 2.24) is 9.97 Å². The molecule has 6 heteroatoms. The van der Waals surface area contributed by atoms with Gasteiger partial charge in [-0.05, 0) is 62.6 Å². The summed E-state index contributed by atoms with van der Waals surface area (Å²) in [5.41, 5.74) is 4.34. The van der Waals surface area contributed by atoms with Crippen LogP contribution in [0.25, 0.3) is 11.3 Å². The molecule has 0 unspecified atom stereocenters. The number of ether oxygens (including phenoxy) is 1. The molecule has 0 aliphatic rings. The lowest BCUT2D eigenvalue weighted by Crippen LogP contribution is -2.28. The van der Waals surface area contributed by atoms with Crippen LogP contribution >= 0.6 is 0 Å². The lowest BCUT2D eigenvalue weighted by atomic mass is 9.84. The van der Waals surface area contributed by atoms with Crippen LogP contribution in [-0.2, 0) is 16.6 Å². The van der Waals surface area contributed by atoms with Gasteiger partial charge in [0.05, 0.1) is 5.41 Å². The number of anilines is 2. The number of hydrogen-bond donors (Lipinski definition) is 2. The SMILES string of the molecule is CCc1cc(Oc2ccnc(Nc3cccc(C(C)(C)C(=O)O)c3)c2)c(-c2ccccc2)nc1C. The Balaban J connectivity index is 1.63. The lowest BCUT2D eigenvalue weighted by molar-refractivity contribution is -0.142. The molecule has 0 fully saturated rings. The maximum Gasteiger partial charge on any atom is 0.313 e. The van der Waals surface area contributed by atoms with Crippen molar-refractivity contribution in [2.75, 3.05) is 5.32 Å². The zero-order valence-electron chi connectivity index (χ0n) is 20.4. The van der Waals surface area contributed by atoms with Crippen molar-refractivity contribution in [3.8, 4) is 22.8 Å². The number of rotatable bonds is 8. The molecule has 6 nitrogen and oxygen atoms in total. The van der Waals surface area contributed by atoms with Gasteiger partial charge in [0, 0.05) is 29.2 Å². The Morgan fingerprint density at radius 3 is 2.51 bits per heavy atom. The van der Waals surface area contributed by atoms with Gasteiger partial charge in [-0.15, -0.1) is 0 Å². The van der Waals surface area contributed by atoms with Crippen LogP contribution in [0.5, 0.6) is 11.5 Å². The predicted octanol–water partition coefficient (Wildman–Crippen LogP) is 6.91. The van der Waals surface area contributed by atoms with Gasteiger partial charge in [-0.25, -0.2) is 9.97 Å². The molecular formula is C29H29N3O3. The Hall–Kier alpha value is -4.19. The molecule has 178 valence electrons. The van der Waals surface area contributed by atoms with Crippen LogP contribution in [0.3, 0.4) is 0 Å². The van der Waals surface area contributed by atoms with E-state index in [1.54, 1.807) is 26.1 Å². The maximum absolute atomic E-state index is 11.7. The Morgan fingerprint density at radius 1 is 1.03 bits per heavy atom. The quantitative estimate of drug-likeness (QED) is 0.293. The van der Waals surface area contributed by atoms with Crippen molar-refractivity contribution in [1.29, 1.82) is 0 Å². The molecule has 2 N–H and O–H groups in total. The van der Waals surface area contributed by atoms with E-state index < -0.39 is 11.4 Å². The highest BCUT2D eigenvalue weighted by molar-refractivity contribution is 5.81. The molecule has 0 spiro atoms. The first-order valence-electron chi connectivity index (χ1n) is 11.6. The number of carbonyl (C=O) groups is 1. The van der Waals surface area contributed by atoms with E-state index in [4.69, 9.17) is 9.72 Å². The van der Waals surface area contributed by atoms with E-state index in [0.717, 1.165) is 34.6 Å². The Kier molecular flexibility index (Phi) is 6.82. The number of hydrogen-bond acceptors (Lipinski definition) is 5. The van der Waals surface area contributed by atoms with Gasteiger partial charge in [-0.1, -0.05) is 49.4 Å². The van der Waals surface area contributed by atoms with Crippen molar-refractivity contribution in [3.63, 3.8) is 0 Å². The van der Waals surface area contributed by atoms with Gasteiger partial charge < -0.3 is 15.2 Å². The van der Waals surface area contributed by atoms with Gasteiger partial charge in [0.2, 0.25) is 0 Å². The van der Waals surface area contributed by atoms with Crippen molar-refractivity contribution in [2.24, 2.45) is 0 Å². The zero-order chi connectivity index (χ0) is 25.0. The monoisotopic (exact) mass is 467 g/mol. The van der Waals surface area contributed by atoms with E-state index in [2.05, 4.69) is 23.3 Å². The van der Waals surface area contributed by atoms with Crippen molar-refractivity contribution in [2.45, 2.75) is 39.5 Å². The number of pyridine rings is 2. The second-order valence-electron chi connectivity index (χ2n) is 8.91. The number of carboxylic acid groups (broad SMARTS) is 1. The highest BCUT2D eigenvalue weighted by atomic mass is 16.5. The zero-order valence-corrected chi connectivity index (χ0v) is 20.4. The third-order valence-electron chi connectivity index (χ3n) is 6.06. The average molecular weight is 468 g/mol. The number of nitrogens with zero attached hydrogens (tertiary/aromatic N) is 2. The highest BCUT2D eigenvalue weighted by Gasteiger charge is 2.29. The summed E-state index contributed by atoms with van der Waals surface area (Å²) in [5.74, 6) is 1.01. The third-order valence-corrected chi connectivity index (χ3v) is 6.06. The van der Waals surface area contributed by atoms with Crippen LogP contribution in [0, 0.1) is 6.92 Å². The molecular weight excluding hydrogens is 438 g/mol. The normalized spacial score (nSPS) is 11.2. The topological polar surface area (TPSA) is 84.3 Å². The molecule has 4 rings (SSSR count). The summed E-state index contributed by atoms with van der Waals surface area (Å²) in [7, 11) is 0. The molecule has 2 aromatic carbocycles. The lowest BCUT2D eigenvalue weighted by Gasteiger charge is -2.20. The predicted molar refractivity (Wildman–Crippen MR) is 138 cm³/mol. The second kappa shape index (κ2) is 9.97. The molecule has 35 heavy (non-hydrogen) atoms. The molecule has 0 saturated heterocycles. The fraction of sp³-hybridized carbons (Fsp3) is 0.207. The fourth-order valence-corrected chi connectivity index (χ4v) is 3.79. The number of aliphatic carboxylic acids is 1. The minimum absolute atomic E-state index is 0.588. The molecule has 0 atom stereocenters. The number of aromatic nitrogens is 2. The molecule has 4 aromatic rings. The number of carboxylic acids is 1. The largest absolute Gasteiger partial charge is 0.481 e. The summed E-state index contributed by atoms with van der Waals surface area (Å²) in [5, 5.41) is 12.8. The molecule has 0 aliphatic heterocycles. The van der Waals surface area contributed by atoms with Crippen LogP contribution in [0.15, 0.2) is 79.0 Å². The molecule has 2 aromatic heterocycles. The summed E-state index contributed by atoms with van der Waals surface area (Å²) >= 11 is 0. The van der Waals surface area contributed by atoms with E-state index in [1.807, 2.05) is 67.6 Å². The van der Waals surface area contributed by atoms with E-state index in [9.17, 15) is 9.90 Å². The van der Waals surface area contributed by atoms with Gasteiger partial charge in [0.1, 0.15) is 17.3 Å². The van der Waals surface area contributed by atoms with Crippen LogP contribution in [0.4, 0.5) is 11.5 Å². The number of benzene rings is 2. The van der Waals surface area contributed by atoms with E-state index in [-0.39, 0.29) is 0 Å². The number of nitrogens with one attached hydrogen (secondary N) is 1. The van der Waals surface area contributed by atoms with Crippen LogP contribution < -0.4 is 10.1 Å². The van der Waals surface area contributed by atoms with Gasteiger partial charge in [-0.3, -0.25) is 4.79 Å². The molecule has 0 aliphatic carbocycles. The van der Waals surface area contributed by atoms with Gasteiger partial charge in [0.15, 0.2) is 5.75 Å². The Morgan fingerprint density at radius 2 is 1.80 bits per heavy atom. The molecule has 2 heterocycles.